The molecule has 0 bridgehead atoms. The molecule has 0 saturated heterocycles. The van der Waals surface area contributed by atoms with Gasteiger partial charge in [-0.1, -0.05) is 31.4 Å². The van der Waals surface area contributed by atoms with E-state index >= 15 is 0 Å². The number of nitrogens with zero attached hydrogens (tertiary/aromatic N) is 1. The number of rotatable bonds is 5. The fourth-order valence-corrected chi connectivity index (χ4v) is 2.92. The molecule has 0 radical (unpaired) electrons. The quantitative estimate of drug-likeness (QED) is 0.808. The Kier molecular flexibility index (Phi) is 5.20. The van der Waals surface area contributed by atoms with Crippen LogP contribution in [0, 0.1) is 5.92 Å². The van der Waals surface area contributed by atoms with Crippen LogP contribution in [0.5, 0.6) is 0 Å². The van der Waals surface area contributed by atoms with Crippen LogP contribution < -0.4 is 11.5 Å². The van der Waals surface area contributed by atoms with Crippen LogP contribution in [0.3, 0.4) is 0 Å². The molecule has 2 rings (SSSR count). The van der Waals surface area contributed by atoms with Crippen molar-refractivity contribution < 1.29 is 9.59 Å². The molecule has 1 aliphatic carbocycles. The summed E-state index contributed by atoms with van der Waals surface area (Å²) in [4.78, 5) is 25.4. The summed E-state index contributed by atoms with van der Waals surface area (Å²) in [6.07, 6.45) is 5.17. The lowest BCUT2D eigenvalue weighted by molar-refractivity contribution is -0.140. The Balaban J connectivity index is 2.09. The zero-order valence-electron chi connectivity index (χ0n) is 12.3. The maximum Gasteiger partial charge on any atom is 0.237 e. The smallest absolute Gasteiger partial charge is 0.237 e. The third-order valence-electron chi connectivity index (χ3n) is 3.94. The van der Waals surface area contributed by atoms with Crippen LogP contribution in [0.2, 0.25) is 0 Å². The van der Waals surface area contributed by atoms with Crippen molar-refractivity contribution in [3.63, 3.8) is 0 Å². The first-order valence-electron chi connectivity index (χ1n) is 7.48. The highest BCUT2D eigenvalue weighted by atomic mass is 16.2. The van der Waals surface area contributed by atoms with E-state index in [1.54, 1.807) is 11.0 Å². The second-order valence-corrected chi connectivity index (χ2v) is 5.74. The highest BCUT2D eigenvalue weighted by Gasteiger charge is 2.26. The minimum atomic E-state index is -0.483. The maximum absolute atomic E-state index is 12.6. The lowest BCUT2D eigenvalue weighted by Crippen LogP contribution is -2.41. The van der Waals surface area contributed by atoms with Crippen molar-refractivity contribution in [1.82, 2.24) is 4.90 Å². The Morgan fingerprint density at radius 1 is 1.19 bits per heavy atom. The summed E-state index contributed by atoms with van der Waals surface area (Å²) in [5.74, 6) is -0.418. The second kappa shape index (κ2) is 7.11. The third-order valence-corrected chi connectivity index (χ3v) is 3.94. The van der Waals surface area contributed by atoms with Crippen LogP contribution in [0.15, 0.2) is 24.3 Å². The molecular formula is C16H23N3O2. The summed E-state index contributed by atoms with van der Waals surface area (Å²) in [6, 6.07) is 7.36. The van der Waals surface area contributed by atoms with E-state index in [9.17, 15) is 9.59 Å². The third kappa shape index (κ3) is 4.48. The fourth-order valence-electron chi connectivity index (χ4n) is 2.92. The first-order chi connectivity index (χ1) is 10.1. The van der Waals surface area contributed by atoms with Crippen LogP contribution in [0.1, 0.15) is 37.7 Å². The molecule has 2 amide bonds. The number of nitrogen functional groups attached to an aromatic ring is 1. The predicted octanol–water partition coefficient (Wildman–Crippen LogP) is 1.66. The molecule has 21 heavy (non-hydrogen) atoms. The summed E-state index contributed by atoms with van der Waals surface area (Å²) in [5.41, 5.74) is 12.6. The topological polar surface area (TPSA) is 89.4 Å². The van der Waals surface area contributed by atoms with Gasteiger partial charge in [-0.3, -0.25) is 9.59 Å². The van der Waals surface area contributed by atoms with E-state index in [0.29, 0.717) is 12.2 Å². The van der Waals surface area contributed by atoms with Crippen molar-refractivity contribution in [2.75, 3.05) is 12.3 Å². The Labute approximate surface area is 125 Å². The van der Waals surface area contributed by atoms with E-state index in [1.807, 2.05) is 18.2 Å². The zero-order valence-corrected chi connectivity index (χ0v) is 12.3. The van der Waals surface area contributed by atoms with Gasteiger partial charge in [0, 0.05) is 18.2 Å². The SMILES string of the molecule is NC(=O)CN(Cc1cccc(N)c1)C(=O)C1CCCCC1. The van der Waals surface area contributed by atoms with Gasteiger partial charge < -0.3 is 16.4 Å². The predicted molar refractivity (Wildman–Crippen MR) is 82.0 cm³/mol. The van der Waals surface area contributed by atoms with Crippen molar-refractivity contribution in [3.8, 4) is 0 Å². The standard InChI is InChI=1S/C16H23N3O2/c17-14-8-4-5-12(9-14)10-19(11-15(18)20)16(21)13-6-2-1-3-7-13/h4-5,8-9,13H,1-3,6-7,10-11,17H2,(H2,18,20). The first kappa shape index (κ1) is 15.4. The van der Waals surface area contributed by atoms with Crippen molar-refractivity contribution in [2.45, 2.75) is 38.6 Å². The lowest BCUT2D eigenvalue weighted by Gasteiger charge is -2.28. The minimum absolute atomic E-state index is 0.0270. The van der Waals surface area contributed by atoms with E-state index < -0.39 is 5.91 Å². The summed E-state index contributed by atoms with van der Waals surface area (Å²) in [5, 5.41) is 0. The highest BCUT2D eigenvalue weighted by Crippen LogP contribution is 2.26. The number of hydrogen-bond donors (Lipinski definition) is 2. The van der Waals surface area contributed by atoms with Gasteiger partial charge in [0.15, 0.2) is 0 Å². The molecule has 0 aliphatic heterocycles. The van der Waals surface area contributed by atoms with Crippen LogP contribution in [-0.2, 0) is 16.1 Å². The largest absolute Gasteiger partial charge is 0.399 e. The molecule has 1 aromatic carbocycles. The van der Waals surface area contributed by atoms with Crippen LogP contribution >= 0.6 is 0 Å². The number of carbonyl (C=O) groups excluding carboxylic acids is 2. The average Bonchev–Trinajstić information content (AvgIpc) is 2.46. The monoisotopic (exact) mass is 289 g/mol. The van der Waals surface area contributed by atoms with Gasteiger partial charge in [0.1, 0.15) is 0 Å². The van der Waals surface area contributed by atoms with E-state index in [2.05, 4.69) is 0 Å². The molecule has 0 atom stereocenters. The van der Waals surface area contributed by atoms with Gasteiger partial charge in [-0.05, 0) is 30.5 Å². The summed E-state index contributed by atoms with van der Waals surface area (Å²) < 4.78 is 0. The summed E-state index contributed by atoms with van der Waals surface area (Å²) in [7, 11) is 0. The molecule has 1 fully saturated rings. The van der Waals surface area contributed by atoms with Gasteiger partial charge in [-0.15, -0.1) is 0 Å². The maximum atomic E-state index is 12.6. The summed E-state index contributed by atoms with van der Waals surface area (Å²) >= 11 is 0. The molecule has 5 heteroatoms. The van der Waals surface area contributed by atoms with Gasteiger partial charge >= 0.3 is 0 Å². The van der Waals surface area contributed by atoms with E-state index in [0.717, 1.165) is 31.2 Å². The number of carbonyl (C=O) groups is 2. The van der Waals surface area contributed by atoms with Crippen LogP contribution in [0.25, 0.3) is 0 Å². The molecule has 0 heterocycles. The highest BCUT2D eigenvalue weighted by molar-refractivity contribution is 5.85. The van der Waals surface area contributed by atoms with Crippen molar-refractivity contribution in [1.29, 1.82) is 0 Å². The van der Waals surface area contributed by atoms with E-state index in [-0.39, 0.29) is 18.4 Å². The molecule has 0 spiro atoms. The fraction of sp³-hybridized carbons (Fsp3) is 0.500. The van der Waals surface area contributed by atoms with Gasteiger partial charge in [0.05, 0.1) is 6.54 Å². The van der Waals surface area contributed by atoms with Crippen molar-refractivity contribution >= 4 is 17.5 Å². The minimum Gasteiger partial charge on any atom is -0.399 e. The molecular weight excluding hydrogens is 266 g/mol. The Morgan fingerprint density at radius 3 is 2.52 bits per heavy atom. The van der Waals surface area contributed by atoms with Gasteiger partial charge in [-0.25, -0.2) is 0 Å². The number of amides is 2. The van der Waals surface area contributed by atoms with Crippen molar-refractivity contribution in [3.05, 3.63) is 29.8 Å². The van der Waals surface area contributed by atoms with E-state index in [4.69, 9.17) is 11.5 Å². The number of nitrogens with two attached hydrogens (primary N) is 2. The second-order valence-electron chi connectivity index (χ2n) is 5.74. The van der Waals surface area contributed by atoms with Crippen LogP contribution in [0.4, 0.5) is 5.69 Å². The van der Waals surface area contributed by atoms with Gasteiger partial charge in [0.2, 0.25) is 11.8 Å². The average molecular weight is 289 g/mol. The number of benzene rings is 1. The molecule has 1 aromatic rings. The van der Waals surface area contributed by atoms with E-state index in [1.165, 1.54) is 6.42 Å². The van der Waals surface area contributed by atoms with Gasteiger partial charge in [0.25, 0.3) is 0 Å². The number of hydrogen-bond acceptors (Lipinski definition) is 3. The number of primary amides is 1. The Hall–Kier alpha value is -2.04. The van der Waals surface area contributed by atoms with Gasteiger partial charge in [-0.2, -0.15) is 0 Å². The van der Waals surface area contributed by atoms with Crippen molar-refractivity contribution in [2.24, 2.45) is 11.7 Å². The van der Waals surface area contributed by atoms with Crippen LogP contribution in [-0.4, -0.2) is 23.3 Å². The Morgan fingerprint density at radius 2 is 1.90 bits per heavy atom. The molecule has 1 aliphatic rings. The zero-order chi connectivity index (χ0) is 15.2. The normalized spacial score (nSPS) is 15.6. The molecule has 0 unspecified atom stereocenters. The Bertz CT molecular complexity index is 510. The molecule has 1 saturated carbocycles. The molecule has 4 N–H and O–H groups in total. The molecule has 114 valence electrons. The lowest BCUT2D eigenvalue weighted by atomic mass is 9.88. The molecule has 5 nitrogen and oxygen atoms in total. The first-order valence-corrected chi connectivity index (χ1v) is 7.48. The molecule has 0 aromatic heterocycles. The number of anilines is 1. The summed E-state index contributed by atoms with van der Waals surface area (Å²) in [6.45, 7) is 0.341.